The molecule has 0 aromatic heterocycles. The molecule has 4 atom stereocenters. The van der Waals surface area contributed by atoms with Crippen molar-refractivity contribution in [2.24, 2.45) is 0 Å². The lowest BCUT2D eigenvalue weighted by molar-refractivity contribution is -0.132. The molecule has 4 unspecified atom stereocenters. The number of aliphatic hydroxyl groups excluding tert-OH is 4. The fraction of sp³-hybridized carbons (Fsp3) is 0.911. The summed E-state index contributed by atoms with van der Waals surface area (Å²) in [6.07, 6.45) is 61.0. The first-order chi connectivity index (χ1) is 30.5. The van der Waals surface area contributed by atoms with Crippen molar-refractivity contribution in [2.45, 2.75) is 321 Å². The van der Waals surface area contributed by atoms with Crippen molar-refractivity contribution >= 4 is 5.91 Å². The molecule has 6 heteroatoms. The molecule has 0 saturated heterocycles. The lowest BCUT2D eigenvalue weighted by atomic mass is 10.00. The molecule has 6 nitrogen and oxygen atoms in total. The third kappa shape index (κ3) is 44.0. The van der Waals surface area contributed by atoms with E-state index in [0.717, 1.165) is 38.5 Å². The lowest BCUT2D eigenvalue weighted by Gasteiger charge is -2.27. The lowest BCUT2D eigenvalue weighted by Crippen LogP contribution is -2.53. The van der Waals surface area contributed by atoms with Gasteiger partial charge in [-0.2, -0.15) is 0 Å². The highest BCUT2D eigenvalue weighted by Crippen LogP contribution is 2.18. The Kier molecular flexibility index (Phi) is 49.8. The number of hydrogen-bond acceptors (Lipinski definition) is 5. The predicted molar refractivity (Wildman–Crippen MR) is 270 cm³/mol. The van der Waals surface area contributed by atoms with Crippen LogP contribution in [-0.4, -0.2) is 57.3 Å². The van der Waals surface area contributed by atoms with Gasteiger partial charge in [-0.05, 0) is 51.4 Å². The monoisotopic (exact) mass is 876 g/mol. The average Bonchev–Trinajstić information content (AvgIpc) is 3.28. The molecule has 5 N–H and O–H groups in total. The standard InChI is InChI=1S/C56H109NO5/c1-3-5-7-9-11-13-15-17-19-21-23-25-26-27-28-30-32-34-36-38-40-42-44-46-48-50-54(60)56(62)57-52(51-58)55(61)53(59)49-47-45-43-41-39-37-35-33-31-29-24-22-20-18-16-14-12-10-8-6-4-2/h33,35,41,43,52-55,58-61H,3-32,34,36-40,42,44-51H2,1-2H3,(H,57,62)/b35-33+,43-41+. The van der Waals surface area contributed by atoms with Gasteiger partial charge in [-0.25, -0.2) is 0 Å². The molecular weight excluding hydrogens is 767 g/mol. The molecule has 0 saturated carbocycles. The summed E-state index contributed by atoms with van der Waals surface area (Å²) < 4.78 is 0. The highest BCUT2D eigenvalue weighted by molar-refractivity contribution is 5.80. The van der Waals surface area contributed by atoms with Crippen molar-refractivity contribution in [3.8, 4) is 0 Å². The van der Waals surface area contributed by atoms with Crippen LogP contribution in [0.4, 0.5) is 0 Å². The minimum absolute atomic E-state index is 0.365. The number of unbranched alkanes of at least 4 members (excludes halogenated alkanes) is 38. The number of nitrogens with one attached hydrogen (secondary N) is 1. The molecule has 0 aliphatic rings. The number of aliphatic hydroxyl groups is 4. The summed E-state index contributed by atoms with van der Waals surface area (Å²) in [6, 6.07) is -1.01. The molecule has 0 aromatic rings. The second-order valence-electron chi connectivity index (χ2n) is 19.3. The van der Waals surface area contributed by atoms with Crippen LogP contribution in [0, 0.1) is 0 Å². The Hall–Kier alpha value is -1.21. The minimum atomic E-state index is -1.29. The maximum absolute atomic E-state index is 12.6. The van der Waals surface area contributed by atoms with Gasteiger partial charge in [0.05, 0.1) is 18.8 Å². The van der Waals surface area contributed by atoms with Gasteiger partial charge in [-0.3, -0.25) is 4.79 Å². The molecule has 0 aliphatic heterocycles. The smallest absolute Gasteiger partial charge is 0.249 e. The first kappa shape index (κ1) is 60.8. The van der Waals surface area contributed by atoms with E-state index >= 15 is 0 Å². The maximum atomic E-state index is 12.6. The van der Waals surface area contributed by atoms with Gasteiger partial charge < -0.3 is 25.7 Å². The number of amides is 1. The van der Waals surface area contributed by atoms with Crippen molar-refractivity contribution in [3.05, 3.63) is 24.3 Å². The third-order valence-electron chi connectivity index (χ3n) is 13.1. The first-order valence-corrected chi connectivity index (χ1v) is 27.7. The summed E-state index contributed by atoms with van der Waals surface area (Å²) in [5, 5.41) is 43.9. The highest BCUT2D eigenvalue weighted by atomic mass is 16.3. The Morgan fingerprint density at radius 2 is 0.677 bits per heavy atom. The van der Waals surface area contributed by atoms with E-state index in [2.05, 4.69) is 43.5 Å². The van der Waals surface area contributed by atoms with Crippen LogP contribution in [0.5, 0.6) is 0 Å². The SMILES string of the molecule is CCCCCCCCCCCCCC/C=C/CC/C=C/CCCC(O)C(O)C(CO)NC(=O)C(O)CCCCCCCCCCCCCCCCCCCCCCCCCCC. The number of carbonyl (C=O) groups excluding carboxylic acids is 1. The largest absolute Gasteiger partial charge is 0.394 e. The van der Waals surface area contributed by atoms with Crippen molar-refractivity contribution in [1.29, 1.82) is 0 Å². The van der Waals surface area contributed by atoms with Crippen LogP contribution in [0.3, 0.4) is 0 Å². The van der Waals surface area contributed by atoms with Crippen LogP contribution in [0.2, 0.25) is 0 Å². The number of rotatable bonds is 51. The number of hydrogen-bond donors (Lipinski definition) is 5. The van der Waals surface area contributed by atoms with Gasteiger partial charge in [0, 0.05) is 0 Å². The highest BCUT2D eigenvalue weighted by Gasteiger charge is 2.28. The third-order valence-corrected chi connectivity index (χ3v) is 13.1. The minimum Gasteiger partial charge on any atom is -0.394 e. The van der Waals surface area contributed by atoms with Gasteiger partial charge >= 0.3 is 0 Å². The van der Waals surface area contributed by atoms with Gasteiger partial charge in [0.25, 0.3) is 0 Å². The summed E-state index contributed by atoms with van der Waals surface area (Å²) in [5.41, 5.74) is 0. The Morgan fingerprint density at radius 3 is 1.02 bits per heavy atom. The summed E-state index contributed by atoms with van der Waals surface area (Å²) in [6.45, 7) is 4.07. The van der Waals surface area contributed by atoms with Gasteiger partial charge in [0.15, 0.2) is 0 Å². The van der Waals surface area contributed by atoms with Crippen LogP contribution in [-0.2, 0) is 4.79 Å². The molecule has 0 aliphatic carbocycles. The van der Waals surface area contributed by atoms with Crippen LogP contribution >= 0.6 is 0 Å². The van der Waals surface area contributed by atoms with E-state index in [1.54, 1.807) is 0 Å². The van der Waals surface area contributed by atoms with Crippen LogP contribution in [0.1, 0.15) is 296 Å². The Morgan fingerprint density at radius 1 is 0.387 bits per heavy atom. The molecule has 1 amide bonds. The fourth-order valence-electron chi connectivity index (χ4n) is 8.78. The summed E-state index contributed by atoms with van der Waals surface area (Å²) >= 11 is 0. The Bertz CT molecular complexity index is 939. The van der Waals surface area contributed by atoms with Crippen molar-refractivity contribution in [3.63, 3.8) is 0 Å². The summed E-state index contributed by atoms with van der Waals surface area (Å²) in [5.74, 6) is -0.592. The van der Waals surface area contributed by atoms with E-state index < -0.39 is 36.9 Å². The second-order valence-corrected chi connectivity index (χ2v) is 19.3. The first-order valence-electron chi connectivity index (χ1n) is 27.7. The quantitative estimate of drug-likeness (QED) is 0.0309. The van der Waals surface area contributed by atoms with Gasteiger partial charge in [-0.1, -0.05) is 269 Å². The van der Waals surface area contributed by atoms with E-state index in [9.17, 15) is 25.2 Å². The van der Waals surface area contributed by atoms with E-state index in [1.165, 1.54) is 225 Å². The van der Waals surface area contributed by atoms with Gasteiger partial charge in [0.1, 0.15) is 12.2 Å². The number of carbonyl (C=O) groups is 1. The van der Waals surface area contributed by atoms with Crippen LogP contribution in [0.25, 0.3) is 0 Å². The zero-order valence-corrected chi connectivity index (χ0v) is 41.6. The molecule has 0 radical (unpaired) electrons. The van der Waals surface area contributed by atoms with Crippen LogP contribution < -0.4 is 5.32 Å². The molecule has 0 aromatic carbocycles. The van der Waals surface area contributed by atoms with Crippen LogP contribution in [0.15, 0.2) is 24.3 Å². The second kappa shape index (κ2) is 50.8. The fourth-order valence-corrected chi connectivity index (χ4v) is 8.78. The molecule has 0 bridgehead atoms. The number of allylic oxidation sites excluding steroid dienone is 4. The molecule has 0 spiro atoms. The van der Waals surface area contributed by atoms with E-state index in [1.807, 2.05) is 0 Å². The average molecular weight is 876 g/mol. The summed E-state index contributed by atoms with van der Waals surface area (Å²) in [7, 11) is 0. The van der Waals surface area contributed by atoms with Crippen molar-refractivity contribution in [2.75, 3.05) is 6.61 Å². The van der Waals surface area contributed by atoms with E-state index in [4.69, 9.17) is 0 Å². The Balaban J connectivity index is 3.66. The summed E-state index contributed by atoms with van der Waals surface area (Å²) in [4.78, 5) is 12.6. The molecule has 0 fully saturated rings. The van der Waals surface area contributed by atoms with E-state index in [-0.39, 0.29) is 0 Å². The van der Waals surface area contributed by atoms with Gasteiger partial charge in [0.2, 0.25) is 5.91 Å². The zero-order valence-electron chi connectivity index (χ0n) is 41.6. The molecule has 368 valence electrons. The normalized spacial score (nSPS) is 14.0. The predicted octanol–water partition coefficient (Wildman–Crippen LogP) is 15.9. The molecule has 0 rings (SSSR count). The van der Waals surface area contributed by atoms with Gasteiger partial charge in [-0.15, -0.1) is 0 Å². The zero-order chi connectivity index (χ0) is 45.2. The topological polar surface area (TPSA) is 110 Å². The molecule has 0 heterocycles. The van der Waals surface area contributed by atoms with E-state index in [0.29, 0.717) is 19.3 Å². The molecular formula is C56H109NO5. The molecule has 62 heavy (non-hydrogen) atoms. The van der Waals surface area contributed by atoms with Crippen molar-refractivity contribution < 1.29 is 25.2 Å². The Labute approximate surface area is 386 Å². The van der Waals surface area contributed by atoms with Crippen molar-refractivity contribution in [1.82, 2.24) is 5.32 Å². The maximum Gasteiger partial charge on any atom is 0.249 e.